The van der Waals surface area contributed by atoms with Crippen molar-refractivity contribution < 1.29 is 23.8 Å². The van der Waals surface area contributed by atoms with Gasteiger partial charge in [0.25, 0.3) is 17.1 Å². The molecule has 0 radical (unpaired) electrons. The van der Waals surface area contributed by atoms with Gasteiger partial charge in [0.1, 0.15) is 0 Å². The fourth-order valence-corrected chi connectivity index (χ4v) is 5.97. The van der Waals surface area contributed by atoms with Gasteiger partial charge in [-0.25, -0.2) is 0 Å². The van der Waals surface area contributed by atoms with Gasteiger partial charge in [0.2, 0.25) is 0 Å². The summed E-state index contributed by atoms with van der Waals surface area (Å²) in [5.74, 6) is -1.46. The normalized spacial score (nSPS) is 14.0. The van der Waals surface area contributed by atoms with Crippen molar-refractivity contribution >= 4 is 49.3 Å². The van der Waals surface area contributed by atoms with E-state index in [1.807, 2.05) is 22.9 Å². The monoisotopic (exact) mass is 480 g/mol. The van der Waals surface area contributed by atoms with E-state index in [-0.39, 0.29) is 0 Å². The SMILES string of the molecule is CCc1cc2c[n+](C3CCCCC3)sc2s1.O=[N+]([O-])c1cc([N+](=O)[O-])c([O-])c([N+](=O)[O-])c1. The van der Waals surface area contributed by atoms with Crippen molar-refractivity contribution in [1.82, 2.24) is 0 Å². The van der Waals surface area contributed by atoms with Crippen LogP contribution in [0.5, 0.6) is 5.75 Å². The van der Waals surface area contributed by atoms with Crippen molar-refractivity contribution in [2.75, 3.05) is 0 Å². The van der Waals surface area contributed by atoms with Crippen LogP contribution in [0.15, 0.2) is 24.4 Å². The second-order valence-electron chi connectivity index (χ2n) is 7.27. The van der Waals surface area contributed by atoms with Crippen LogP contribution in [0.4, 0.5) is 17.1 Å². The van der Waals surface area contributed by atoms with Gasteiger partial charge in [-0.3, -0.25) is 30.3 Å². The molecule has 0 atom stereocenters. The number of thiophene rings is 1. The van der Waals surface area contributed by atoms with Crippen LogP contribution in [-0.4, -0.2) is 14.8 Å². The number of nitro groups is 3. The molecule has 2 aromatic heterocycles. The van der Waals surface area contributed by atoms with Crippen molar-refractivity contribution in [3.63, 3.8) is 0 Å². The molecule has 11 nitrogen and oxygen atoms in total. The van der Waals surface area contributed by atoms with Gasteiger partial charge < -0.3 is 5.11 Å². The lowest BCUT2D eigenvalue weighted by atomic mass is 9.96. The third kappa shape index (κ3) is 5.16. The molecule has 1 aliphatic carbocycles. The van der Waals surface area contributed by atoms with E-state index >= 15 is 0 Å². The zero-order chi connectivity index (χ0) is 23.4. The molecule has 0 bridgehead atoms. The molecule has 32 heavy (non-hydrogen) atoms. The van der Waals surface area contributed by atoms with Gasteiger partial charge in [0, 0.05) is 17.7 Å². The quantitative estimate of drug-likeness (QED) is 0.288. The highest BCUT2D eigenvalue weighted by Crippen LogP contribution is 2.37. The van der Waals surface area contributed by atoms with Gasteiger partial charge in [0.15, 0.2) is 27.8 Å². The van der Waals surface area contributed by atoms with E-state index in [1.54, 1.807) is 0 Å². The summed E-state index contributed by atoms with van der Waals surface area (Å²) in [6, 6.07) is 3.93. The van der Waals surface area contributed by atoms with Gasteiger partial charge in [0.05, 0.1) is 38.0 Å². The smallest absolute Gasteiger partial charge is 0.283 e. The third-order valence-corrected chi connectivity index (χ3v) is 7.73. The number of aromatic nitrogens is 1. The van der Waals surface area contributed by atoms with Crippen LogP contribution in [0, 0.1) is 30.3 Å². The molecule has 1 saturated carbocycles. The molecule has 3 aromatic rings. The van der Waals surface area contributed by atoms with Crippen molar-refractivity contribution in [3.8, 4) is 5.75 Å². The molecule has 13 heteroatoms. The number of aryl methyl sites for hydroxylation is 1. The highest BCUT2D eigenvalue weighted by atomic mass is 32.2. The molecular formula is C19H20N4O7S2. The summed E-state index contributed by atoms with van der Waals surface area (Å²) in [6.07, 6.45) is 10.6. The fraction of sp³-hybridized carbons (Fsp3) is 0.421. The standard InChI is InChI=1S/C13H18NS2.C6H3N3O7/c1-2-12-8-10-9-14(16-13(10)15-12)11-6-4-3-5-7-11;10-6-4(8(13)14)1-3(7(11)12)2-5(6)9(15)16/h8-9,11H,2-7H2,1H3;1-2,10H/q+1;/p-1. The second-order valence-corrected chi connectivity index (χ2v) is 9.67. The zero-order valence-corrected chi connectivity index (χ0v) is 18.7. The Hall–Kier alpha value is -3.19. The Morgan fingerprint density at radius 1 is 0.969 bits per heavy atom. The average Bonchev–Trinajstić information content (AvgIpc) is 3.33. The Kier molecular flexibility index (Phi) is 7.30. The number of non-ortho nitro benzene ring substituents is 1. The van der Waals surface area contributed by atoms with Crippen LogP contribution >= 0.6 is 22.9 Å². The first-order valence-electron chi connectivity index (χ1n) is 9.93. The van der Waals surface area contributed by atoms with Crippen LogP contribution in [0.2, 0.25) is 0 Å². The summed E-state index contributed by atoms with van der Waals surface area (Å²) >= 11 is 3.95. The number of hydrogen-bond acceptors (Lipinski definition) is 9. The minimum Gasteiger partial charge on any atom is -0.863 e. The Bertz CT molecular complexity index is 1100. The van der Waals surface area contributed by atoms with Crippen LogP contribution < -0.4 is 9.06 Å². The van der Waals surface area contributed by atoms with E-state index in [9.17, 15) is 35.4 Å². The van der Waals surface area contributed by atoms with Gasteiger partial charge in [-0.1, -0.05) is 13.3 Å². The predicted molar refractivity (Wildman–Crippen MR) is 117 cm³/mol. The van der Waals surface area contributed by atoms with Crippen LogP contribution in [-0.2, 0) is 6.42 Å². The van der Waals surface area contributed by atoms with Gasteiger partial charge >= 0.3 is 0 Å². The Morgan fingerprint density at radius 3 is 2.03 bits per heavy atom. The maximum Gasteiger partial charge on any atom is 0.283 e. The number of benzene rings is 1. The first-order valence-corrected chi connectivity index (χ1v) is 11.5. The molecule has 0 unspecified atom stereocenters. The Morgan fingerprint density at radius 2 is 1.56 bits per heavy atom. The summed E-state index contributed by atoms with van der Waals surface area (Å²) in [5.41, 5.74) is -3.26. The van der Waals surface area contributed by atoms with Crippen LogP contribution in [0.25, 0.3) is 9.40 Å². The first-order chi connectivity index (χ1) is 15.2. The molecule has 0 aliphatic heterocycles. The summed E-state index contributed by atoms with van der Waals surface area (Å²) in [6.45, 7) is 2.24. The minimum atomic E-state index is -1.46. The summed E-state index contributed by atoms with van der Waals surface area (Å²) < 4.78 is 4.03. The molecule has 0 amide bonds. The average molecular weight is 481 g/mol. The van der Waals surface area contributed by atoms with Crippen molar-refractivity contribution in [3.05, 3.63) is 59.6 Å². The number of nitrogens with zero attached hydrogens (tertiary/aromatic N) is 4. The molecule has 2 heterocycles. The molecule has 170 valence electrons. The lowest BCUT2D eigenvalue weighted by Crippen LogP contribution is -2.35. The maximum absolute atomic E-state index is 11.1. The topological polar surface area (TPSA) is 156 Å². The second kappa shape index (κ2) is 9.96. The molecule has 1 aromatic carbocycles. The number of fused-ring (bicyclic) bond motifs is 1. The van der Waals surface area contributed by atoms with Gasteiger partial charge in [-0.15, -0.1) is 15.3 Å². The van der Waals surface area contributed by atoms with Crippen LogP contribution in [0.1, 0.15) is 49.9 Å². The largest absolute Gasteiger partial charge is 0.863 e. The molecule has 0 N–H and O–H groups in total. The maximum atomic E-state index is 11.1. The van der Waals surface area contributed by atoms with E-state index in [0.29, 0.717) is 12.1 Å². The van der Waals surface area contributed by atoms with E-state index < -0.39 is 37.6 Å². The lowest BCUT2D eigenvalue weighted by molar-refractivity contribution is -0.660. The molecular weight excluding hydrogens is 460 g/mol. The van der Waals surface area contributed by atoms with Crippen molar-refractivity contribution in [2.24, 2.45) is 0 Å². The van der Waals surface area contributed by atoms with Gasteiger partial charge in [-0.2, -0.15) is 0 Å². The number of hydrogen-bond donors (Lipinski definition) is 0. The lowest BCUT2D eigenvalue weighted by Gasteiger charge is -2.14. The molecule has 1 aliphatic rings. The highest BCUT2D eigenvalue weighted by Gasteiger charge is 2.26. The molecule has 4 rings (SSSR count). The summed E-state index contributed by atoms with van der Waals surface area (Å²) in [5, 5.41) is 43.6. The molecule has 1 fully saturated rings. The Labute approximate surface area is 190 Å². The fourth-order valence-electron chi connectivity index (χ4n) is 3.51. The predicted octanol–water partition coefficient (Wildman–Crippen LogP) is 4.80. The van der Waals surface area contributed by atoms with Crippen molar-refractivity contribution in [2.45, 2.75) is 51.5 Å². The number of rotatable bonds is 5. The van der Waals surface area contributed by atoms with Crippen LogP contribution in [0.3, 0.4) is 0 Å². The van der Waals surface area contributed by atoms with Gasteiger partial charge in [-0.05, 0) is 25.3 Å². The van der Waals surface area contributed by atoms with E-state index in [2.05, 4.69) is 23.1 Å². The first kappa shape index (κ1) is 23.5. The summed E-state index contributed by atoms with van der Waals surface area (Å²) in [4.78, 5) is 29.0. The minimum absolute atomic E-state index is 0.384. The summed E-state index contributed by atoms with van der Waals surface area (Å²) in [7, 11) is 0. The zero-order valence-electron chi connectivity index (χ0n) is 17.1. The van der Waals surface area contributed by atoms with E-state index in [1.165, 1.54) is 52.8 Å². The third-order valence-electron chi connectivity index (χ3n) is 5.15. The number of nitro benzene ring substituents is 3. The van der Waals surface area contributed by atoms with Crippen molar-refractivity contribution in [1.29, 1.82) is 0 Å². The van der Waals surface area contributed by atoms with E-state index in [4.69, 9.17) is 0 Å². The molecule has 0 spiro atoms. The van der Waals surface area contributed by atoms with E-state index in [0.717, 1.165) is 6.04 Å². The molecule has 0 saturated heterocycles. The highest BCUT2D eigenvalue weighted by molar-refractivity contribution is 7.34. The Balaban J connectivity index is 0.000000181.